The largest absolute Gasteiger partial charge is 0.477 e. The van der Waals surface area contributed by atoms with Crippen LogP contribution in [0.1, 0.15) is 34.0 Å². The highest BCUT2D eigenvalue weighted by Gasteiger charge is 2.17. The van der Waals surface area contributed by atoms with Crippen LogP contribution in [0.2, 0.25) is 0 Å². The van der Waals surface area contributed by atoms with E-state index in [0.717, 1.165) is 12.1 Å². The second kappa shape index (κ2) is 6.32. The molecule has 102 valence electrons. The van der Waals surface area contributed by atoms with Crippen LogP contribution in [-0.2, 0) is 13.1 Å². The Balaban J connectivity index is 2.12. The lowest BCUT2D eigenvalue weighted by Gasteiger charge is -2.25. The van der Waals surface area contributed by atoms with Crippen LogP contribution in [0.15, 0.2) is 29.0 Å². The Bertz CT molecular complexity index is 531. The molecule has 0 amide bonds. The Morgan fingerprint density at radius 1 is 1.26 bits per heavy atom. The predicted octanol–water partition coefficient (Wildman–Crippen LogP) is 3.92. The fraction of sp³-hybridized carbons (Fsp3) is 0.357. The van der Waals surface area contributed by atoms with E-state index >= 15 is 0 Å². The van der Waals surface area contributed by atoms with Crippen LogP contribution in [0.5, 0.6) is 0 Å². The van der Waals surface area contributed by atoms with Crippen LogP contribution in [0.25, 0.3) is 0 Å². The average molecular weight is 295 g/mol. The predicted molar refractivity (Wildman–Crippen MR) is 80.0 cm³/mol. The quantitative estimate of drug-likeness (QED) is 0.878. The minimum atomic E-state index is -0.829. The number of hydrogen-bond donors (Lipinski definition) is 1. The van der Waals surface area contributed by atoms with E-state index in [1.807, 2.05) is 17.5 Å². The van der Waals surface area contributed by atoms with Gasteiger partial charge in [0.25, 0.3) is 0 Å². The maximum Gasteiger partial charge on any atom is 0.346 e. The molecule has 2 rings (SSSR count). The van der Waals surface area contributed by atoms with Gasteiger partial charge >= 0.3 is 5.97 Å². The number of carboxylic acids is 1. The molecule has 0 aliphatic rings. The van der Waals surface area contributed by atoms with Crippen molar-refractivity contribution in [1.29, 1.82) is 0 Å². The molecule has 0 aliphatic carbocycles. The Hall–Kier alpha value is -1.17. The van der Waals surface area contributed by atoms with Crippen LogP contribution < -0.4 is 0 Å². The summed E-state index contributed by atoms with van der Waals surface area (Å²) < 4.78 is 0. The number of hydrogen-bond acceptors (Lipinski definition) is 4. The standard InChI is InChI=1S/C14H17NO2S2/c1-10(2)15(9-12-4-3-6-18-12)8-11-5-7-19-13(11)14(16)17/h3-7,10H,8-9H2,1-2H3,(H,16,17). The summed E-state index contributed by atoms with van der Waals surface area (Å²) in [6.07, 6.45) is 0. The van der Waals surface area contributed by atoms with Crippen molar-refractivity contribution < 1.29 is 9.90 Å². The average Bonchev–Trinajstić information content (AvgIpc) is 2.98. The number of nitrogens with zero attached hydrogens (tertiary/aromatic N) is 1. The van der Waals surface area contributed by atoms with Crippen molar-refractivity contribution in [3.63, 3.8) is 0 Å². The molecule has 0 fully saturated rings. The van der Waals surface area contributed by atoms with Crippen molar-refractivity contribution in [1.82, 2.24) is 4.90 Å². The topological polar surface area (TPSA) is 40.5 Å². The SMILES string of the molecule is CC(C)N(Cc1cccs1)Cc1ccsc1C(=O)O. The summed E-state index contributed by atoms with van der Waals surface area (Å²) in [4.78, 5) is 15.2. The number of thiophene rings is 2. The van der Waals surface area contributed by atoms with Gasteiger partial charge in [0.2, 0.25) is 0 Å². The lowest BCUT2D eigenvalue weighted by Crippen LogP contribution is -2.29. The van der Waals surface area contributed by atoms with Gasteiger partial charge in [-0.15, -0.1) is 22.7 Å². The van der Waals surface area contributed by atoms with E-state index in [-0.39, 0.29) is 0 Å². The minimum Gasteiger partial charge on any atom is -0.477 e. The zero-order valence-corrected chi connectivity index (χ0v) is 12.6. The molecule has 0 spiro atoms. The summed E-state index contributed by atoms with van der Waals surface area (Å²) in [5.74, 6) is -0.829. The third kappa shape index (κ3) is 3.65. The minimum absolute atomic E-state index is 0.378. The number of carbonyl (C=O) groups is 1. The van der Waals surface area contributed by atoms with Gasteiger partial charge < -0.3 is 5.11 Å². The fourth-order valence-electron chi connectivity index (χ4n) is 1.89. The number of rotatable bonds is 6. The third-order valence-corrected chi connectivity index (χ3v) is 4.79. The van der Waals surface area contributed by atoms with E-state index in [0.29, 0.717) is 17.5 Å². The molecule has 19 heavy (non-hydrogen) atoms. The molecular weight excluding hydrogens is 278 g/mol. The van der Waals surface area contributed by atoms with Crippen LogP contribution in [0.3, 0.4) is 0 Å². The van der Waals surface area contributed by atoms with Gasteiger partial charge in [-0.2, -0.15) is 0 Å². The van der Waals surface area contributed by atoms with E-state index in [4.69, 9.17) is 5.11 Å². The highest BCUT2D eigenvalue weighted by atomic mass is 32.1. The zero-order chi connectivity index (χ0) is 13.8. The third-order valence-electron chi connectivity index (χ3n) is 2.98. The zero-order valence-electron chi connectivity index (χ0n) is 11.0. The second-order valence-electron chi connectivity index (χ2n) is 4.66. The van der Waals surface area contributed by atoms with Crippen molar-refractivity contribution >= 4 is 28.6 Å². The summed E-state index contributed by atoms with van der Waals surface area (Å²) >= 11 is 3.03. The molecular formula is C14H17NO2S2. The van der Waals surface area contributed by atoms with Crippen LogP contribution in [-0.4, -0.2) is 22.0 Å². The summed E-state index contributed by atoms with van der Waals surface area (Å²) in [5.41, 5.74) is 0.905. The molecule has 0 saturated heterocycles. The van der Waals surface area contributed by atoms with Gasteiger partial charge in [0.1, 0.15) is 4.88 Å². The molecule has 0 radical (unpaired) electrons. The molecule has 1 N–H and O–H groups in total. The van der Waals surface area contributed by atoms with Crippen molar-refractivity contribution in [3.8, 4) is 0 Å². The van der Waals surface area contributed by atoms with Crippen molar-refractivity contribution in [2.75, 3.05) is 0 Å². The van der Waals surface area contributed by atoms with Gasteiger partial charge in [0, 0.05) is 24.0 Å². The van der Waals surface area contributed by atoms with E-state index in [2.05, 4.69) is 30.2 Å². The van der Waals surface area contributed by atoms with E-state index in [1.54, 1.807) is 11.3 Å². The monoisotopic (exact) mass is 295 g/mol. The van der Waals surface area contributed by atoms with Gasteiger partial charge in [-0.25, -0.2) is 4.79 Å². The highest BCUT2D eigenvalue weighted by molar-refractivity contribution is 7.12. The first-order chi connectivity index (χ1) is 9.08. The first-order valence-corrected chi connectivity index (χ1v) is 7.90. The summed E-state index contributed by atoms with van der Waals surface area (Å²) in [6, 6.07) is 6.46. The Morgan fingerprint density at radius 3 is 2.63 bits per heavy atom. The van der Waals surface area contributed by atoms with E-state index in [9.17, 15) is 4.79 Å². The van der Waals surface area contributed by atoms with Crippen molar-refractivity contribution in [2.45, 2.75) is 33.0 Å². The molecule has 0 aliphatic heterocycles. The molecule has 2 heterocycles. The Labute approximate surface area is 121 Å². The van der Waals surface area contributed by atoms with E-state index < -0.39 is 5.97 Å². The van der Waals surface area contributed by atoms with Gasteiger partial charge in [-0.1, -0.05) is 6.07 Å². The smallest absolute Gasteiger partial charge is 0.346 e. The highest BCUT2D eigenvalue weighted by Crippen LogP contribution is 2.22. The summed E-state index contributed by atoms with van der Waals surface area (Å²) in [6.45, 7) is 5.83. The Kier molecular flexibility index (Phi) is 4.74. The molecule has 5 heteroatoms. The molecule has 0 atom stereocenters. The van der Waals surface area contributed by atoms with Gasteiger partial charge in [-0.3, -0.25) is 4.90 Å². The van der Waals surface area contributed by atoms with Crippen LogP contribution in [0, 0.1) is 0 Å². The lowest BCUT2D eigenvalue weighted by atomic mass is 10.2. The van der Waals surface area contributed by atoms with Crippen LogP contribution >= 0.6 is 22.7 Å². The van der Waals surface area contributed by atoms with Gasteiger partial charge in [0.15, 0.2) is 0 Å². The summed E-state index contributed by atoms with van der Waals surface area (Å²) in [7, 11) is 0. The second-order valence-corrected chi connectivity index (χ2v) is 6.61. The fourth-order valence-corrected chi connectivity index (χ4v) is 3.37. The first kappa shape index (κ1) is 14.2. The van der Waals surface area contributed by atoms with Crippen molar-refractivity contribution in [3.05, 3.63) is 44.3 Å². The molecule has 0 unspecified atom stereocenters. The maximum absolute atomic E-state index is 11.1. The first-order valence-electron chi connectivity index (χ1n) is 6.14. The van der Waals surface area contributed by atoms with Crippen molar-refractivity contribution in [2.24, 2.45) is 0 Å². The molecule has 0 saturated carbocycles. The Morgan fingerprint density at radius 2 is 2.05 bits per heavy atom. The molecule has 0 aromatic carbocycles. The normalized spacial score (nSPS) is 11.4. The lowest BCUT2D eigenvalue weighted by molar-refractivity contribution is 0.0699. The number of carboxylic acid groups (broad SMARTS) is 1. The molecule has 2 aromatic rings. The summed E-state index contributed by atoms with van der Waals surface area (Å²) in [5, 5.41) is 13.1. The molecule has 3 nitrogen and oxygen atoms in total. The van der Waals surface area contributed by atoms with Crippen LogP contribution in [0.4, 0.5) is 0 Å². The van der Waals surface area contributed by atoms with E-state index in [1.165, 1.54) is 16.2 Å². The molecule has 0 bridgehead atoms. The maximum atomic E-state index is 11.1. The number of aromatic carboxylic acids is 1. The van der Waals surface area contributed by atoms with Gasteiger partial charge in [-0.05, 0) is 42.3 Å². The van der Waals surface area contributed by atoms with Gasteiger partial charge in [0.05, 0.1) is 0 Å². The molecule has 2 aromatic heterocycles.